The van der Waals surface area contributed by atoms with E-state index in [0.29, 0.717) is 6.61 Å². The van der Waals surface area contributed by atoms with Gasteiger partial charge in [0.2, 0.25) is 0 Å². The van der Waals surface area contributed by atoms with Crippen molar-refractivity contribution in [3.63, 3.8) is 0 Å². The molecule has 1 fully saturated rings. The zero-order valence-corrected chi connectivity index (χ0v) is 16.0. The van der Waals surface area contributed by atoms with Crippen LogP contribution >= 0.6 is 0 Å². The van der Waals surface area contributed by atoms with Crippen molar-refractivity contribution in [2.75, 3.05) is 19.7 Å². The van der Waals surface area contributed by atoms with Gasteiger partial charge in [-0.3, -0.25) is 4.90 Å². The average Bonchev–Trinajstić information content (AvgIpc) is 2.69. The topological polar surface area (TPSA) is 32.7 Å². The van der Waals surface area contributed by atoms with E-state index in [0.717, 1.165) is 30.3 Å². The van der Waals surface area contributed by atoms with Crippen LogP contribution in [0.3, 0.4) is 0 Å². The number of nitrogens with zero attached hydrogens (tertiary/aromatic N) is 1. The number of benzene rings is 2. The van der Waals surface area contributed by atoms with Gasteiger partial charge in [-0.2, -0.15) is 0 Å². The van der Waals surface area contributed by atoms with Crippen LogP contribution in [0.25, 0.3) is 0 Å². The molecule has 0 radical (unpaired) electrons. The van der Waals surface area contributed by atoms with Crippen LogP contribution in [0.2, 0.25) is 0 Å². The van der Waals surface area contributed by atoms with Crippen molar-refractivity contribution >= 4 is 0 Å². The van der Waals surface area contributed by atoms with E-state index >= 15 is 0 Å². The summed E-state index contributed by atoms with van der Waals surface area (Å²) >= 11 is 0. The van der Waals surface area contributed by atoms with Crippen LogP contribution in [0.15, 0.2) is 54.6 Å². The fourth-order valence-electron chi connectivity index (χ4n) is 3.92. The van der Waals surface area contributed by atoms with Gasteiger partial charge in [0.25, 0.3) is 0 Å². The second-order valence-corrected chi connectivity index (χ2v) is 7.36. The van der Waals surface area contributed by atoms with E-state index in [1.54, 1.807) is 0 Å². The number of hydrogen-bond acceptors (Lipinski definition) is 3. The quantitative estimate of drug-likeness (QED) is 0.797. The van der Waals surface area contributed by atoms with Gasteiger partial charge in [-0.15, -0.1) is 0 Å². The lowest BCUT2D eigenvalue weighted by atomic mass is 9.89. The Morgan fingerprint density at radius 2 is 1.69 bits per heavy atom. The first kappa shape index (κ1) is 18.9. The summed E-state index contributed by atoms with van der Waals surface area (Å²) in [5.74, 6) is 1.61. The minimum atomic E-state index is -0.462. The summed E-state index contributed by atoms with van der Waals surface area (Å²) in [5, 5.41) is 10.8. The Balaban J connectivity index is 1.51. The summed E-state index contributed by atoms with van der Waals surface area (Å²) in [6, 6.07) is 18.8. The molecule has 0 aromatic heterocycles. The van der Waals surface area contributed by atoms with Crippen LogP contribution in [-0.2, 0) is 6.42 Å². The summed E-state index contributed by atoms with van der Waals surface area (Å²) in [6.45, 7) is 6.90. The highest BCUT2D eigenvalue weighted by Crippen LogP contribution is 2.28. The zero-order chi connectivity index (χ0) is 18.4. The Morgan fingerprint density at radius 3 is 2.31 bits per heavy atom. The van der Waals surface area contributed by atoms with Crippen LogP contribution in [0, 0.1) is 5.92 Å². The lowest BCUT2D eigenvalue weighted by molar-refractivity contribution is 0.0373. The van der Waals surface area contributed by atoms with E-state index in [1.807, 2.05) is 31.2 Å². The van der Waals surface area contributed by atoms with E-state index in [9.17, 15) is 5.11 Å². The Hall–Kier alpha value is -1.84. The second-order valence-electron chi connectivity index (χ2n) is 7.36. The smallest absolute Gasteiger partial charge is 0.119 e. The van der Waals surface area contributed by atoms with E-state index in [1.165, 1.54) is 24.8 Å². The Labute approximate surface area is 157 Å². The minimum Gasteiger partial charge on any atom is -0.494 e. The highest BCUT2D eigenvalue weighted by molar-refractivity contribution is 5.29. The molecule has 1 saturated heterocycles. The molecule has 3 nitrogen and oxygen atoms in total. The molecule has 1 aliphatic rings. The van der Waals surface area contributed by atoms with Gasteiger partial charge in [-0.05, 0) is 75.4 Å². The first-order valence-corrected chi connectivity index (χ1v) is 9.86. The first-order valence-electron chi connectivity index (χ1n) is 9.86. The average molecular weight is 354 g/mol. The summed E-state index contributed by atoms with van der Waals surface area (Å²) in [5.41, 5.74) is 2.40. The number of likely N-dealkylation sites (tertiary alicyclic amines) is 1. The maximum Gasteiger partial charge on any atom is 0.119 e. The van der Waals surface area contributed by atoms with Crippen molar-refractivity contribution in [3.05, 3.63) is 65.7 Å². The zero-order valence-electron chi connectivity index (χ0n) is 16.0. The molecule has 2 atom stereocenters. The third-order valence-electron chi connectivity index (χ3n) is 5.58. The molecule has 2 unspecified atom stereocenters. The Bertz CT molecular complexity index is 648. The highest BCUT2D eigenvalue weighted by Gasteiger charge is 2.27. The van der Waals surface area contributed by atoms with Crippen LogP contribution in [0.5, 0.6) is 5.75 Å². The number of aliphatic hydroxyl groups is 1. The molecule has 0 saturated carbocycles. The highest BCUT2D eigenvalue weighted by atomic mass is 16.5. The molecule has 2 aromatic carbocycles. The molecule has 1 N–H and O–H groups in total. The second kappa shape index (κ2) is 9.20. The first-order chi connectivity index (χ1) is 12.7. The number of ether oxygens (including phenoxy) is 1. The fraction of sp³-hybridized carbons (Fsp3) is 0.478. The molecule has 0 spiro atoms. The fourth-order valence-corrected chi connectivity index (χ4v) is 3.92. The molecule has 3 rings (SSSR count). The van der Waals surface area contributed by atoms with Gasteiger partial charge in [-0.1, -0.05) is 42.5 Å². The predicted molar refractivity (Wildman–Crippen MR) is 106 cm³/mol. The summed E-state index contributed by atoms with van der Waals surface area (Å²) in [6.07, 6.45) is 3.12. The summed E-state index contributed by atoms with van der Waals surface area (Å²) in [4.78, 5) is 2.43. The molecule has 0 aliphatic carbocycles. The van der Waals surface area contributed by atoms with Crippen molar-refractivity contribution in [1.29, 1.82) is 0 Å². The number of piperidine rings is 1. The van der Waals surface area contributed by atoms with Crippen molar-refractivity contribution in [2.45, 2.75) is 45.3 Å². The van der Waals surface area contributed by atoms with Crippen LogP contribution < -0.4 is 4.74 Å². The van der Waals surface area contributed by atoms with Crippen molar-refractivity contribution in [2.24, 2.45) is 5.92 Å². The summed E-state index contributed by atoms with van der Waals surface area (Å²) < 4.78 is 5.49. The standard InChI is InChI=1S/C23H31NO2/c1-3-26-22-11-9-21(10-12-22)23(25)18(2)24-15-13-20(14-16-24)17-19-7-5-4-6-8-19/h4-12,18,20,23,25H,3,13-17H2,1-2H3. The number of rotatable bonds is 7. The lowest BCUT2D eigenvalue weighted by Crippen LogP contribution is -2.43. The maximum atomic E-state index is 10.8. The molecule has 1 heterocycles. The van der Waals surface area contributed by atoms with E-state index < -0.39 is 6.10 Å². The molecular weight excluding hydrogens is 322 g/mol. The molecule has 3 heteroatoms. The van der Waals surface area contributed by atoms with Gasteiger partial charge in [0, 0.05) is 6.04 Å². The monoisotopic (exact) mass is 353 g/mol. The number of hydrogen-bond donors (Lipinski definition) is 1. The Morgan fingerprint density at radius 1 is 1.04 bits per heavy atom. The molecule has 26 heavy (non-hydrogen) atoms. The third kappa shape index (κ3) is 4.87. The van der Waals surface area contributed by atoms with E-state index in [4.69, 9.17) is 4.74 Å². The Kier molecular flexibility index (Phi) is 6.70. The van der Waals surface area contributed by atoms with Gasteiger partial charge in [0.05, 0.1) is 12.7 Å². The minimum absolute atomic E-state index is 0.130. The molecule has 140 valence electrons. The molecular formula is C23H31NO2. The van der Waals surface area contributed by atoms with Gasteiger partial charge in [-0.25, -0.2) is 0 Å². The molecule has 2 aromatic rings. The van der Waals surface area contributed by atoms with E-state index in [-0.39, 0.29) is 6.04 Å². The predicted octanol–water partition coefficient (Wildman–Crippen LogP) is 4.46. The van der Waals surface area contributed by atoms with E-state index in [2.05, 4.69) is 42.2 Å². The maximum absolute atomic E-state index is 10.8. The normalized spacial score (nSPS) is 18.4. The lowest BCUT2D eigenvalue weighted by Gasteiger charge is -2.38. The van der Waals surface area contributed by atoms with Crippen molar-refractivity contribution in [3.8, 4) is 5.75 Å². The van der Waals surface area contributed by atoms with Crippen LogP contribution in [0.1, 0.15) is 43.9 Å². The largest absolute Gasteiger partial charge is 0.494 e. The molecule has 0 amide bonds. The van der Waals surface area contributed by atoms with Crippen LogP contribution in [0.4, 0.5) is 0 Å². The van der Waals surface area contributed by atoms with Crippen molar-refractivity contribution in [1.82, 2.24) is 4.90 Å². The molecule has 1 aliphatic heterocycles. The SMILES string of the molecule is CCOc1ccc(C(O)C(C)N2CCC(Cc3ccccc3)CC2)cc1. The molecule has 0 bridgehead atoms. The van der Waals surface area contributed by atoms with Gasteiger partial charge in [0.15, 0.2) is 0 Å². The number of aliphatic hydroxyl groups excluding tert-OH is 1. The summed E-state index contributed by atoms with van der Waals surface area (Å²) in [7, 11) is 0. The van der Waals surface area contributed by atoms with Gasteiger partial charge >= 0.3 is 0 Å². The van der Waals surface area contributed by atoms with Crippen molar-refractivity contribution < 1.29 is 9.84 Å². The van der Waals surface area contributed by atoms with Gasteiger partial charge in [0.1, 0.15) is 5.75 Å². The third-order valence-corrected chi connectivity index (χ3v) is 5.58. The van der Waals surface area contributed by atoms with Crippen LogP contribution in [-0.4, -0.2) is 35.7 Å². The van der Waals surface area contributed by atoms with Gasteiger partial charge < -0.3 is 9.84 Å².